The number of carboxylic acids is 1. The highest BCUT2D eigenvalue weighted by molar-refractivity contribution is 5.97. The number of ketones is 1. The molecule has 0 aromatic carbocycles. The molecule has 3 unspecified atom stereocenters. The average molecular weight is 263 g/mol. The normalized spacial score (nSPS) is 27.2. The van der Waals surface area contributed by atoms with Crippen LogP contribution in [-0.4, -0.2) is 21.4 Å². The van der Waals surface area contributed by atoms with Gasteiger partial charge >= 0.3 is 5.97 Å². The van der Waals surface area contributed by atoms with Gasteiger partial charge in [0.1, 0.15) is 5.69 Å². The zero-order valence-electron chi connectivity index (χ0n) is 11.7. The van der Waals surface area contributed by atoms with Crippen LogP contribution in [0.5, 0.6) is 0 Å². The van der Waals surface area contributed by atoms with Crippen LogP contribution in [0.25, 0.3) is 0 Å². The fraction of sp³-hybridized carbons (Fsp3) is 0.600. The third-order valence-electron chi connectivity index (χ3n) is 4.22. The summed E-state index contributed by atoms with van der Waals surface area (Å²) >= 11 is 0. The third-order valence-corrected chi connectivity index (χ3v) is 4.22. The third kappa shape index (κ3) is 2.72. The van der Waals surface area contributed by atoms with Gasteiger partial charge in [-0.2, -0.15) is 0 Å². The van der Waals surface area contributed by atoms with Crippen LogP contribution in [0.4, 0.5) is 0 Å². The van der Waals surface area contributed by atoms with Crippen molar-refractivity contribution in [2.24, 2.45) is 11.8 Å². The maximum Gasteiger partial charge on any atom is 0.352 e. The Balaban J connectivity index is 2.37. The van der Waals surface area contributed by atoms with E-state index in [-0.39, 0.29) is 17.5 Å². The highest BCUT2D eigenvalue weighted by Crippen LogP contribution is 2.37. The van der Waals surface area contributed by atoms with Gasteiger partial charge in [-0.1, -0.05) is 13.8 Å². The molecule has 1 aromatic rings. The lowest BCUT2D eigenvalue weighted by Crippen LogP contribution is -2.26. The van der Waals surface area contributed by atoms with Crippen molar-refractivity contribution in [2.75, 3.05) is 0 Å². The number of nitrogens with zero attached hydrogens (tertiary/aromatic N) is 1. The number of hydrogen-bond donors (Lipinski definition) is 1. The maximum absolute atomic E-state index is 11.4. The molecule has 1 fully saturated rings. The van der Waals surface area contributed by atoms with Crippen LogP contribution < -0.4 is 0 Å². The molecular weight excluding hydrogens is 242 g/mol. The minimum Gasteiger partial charge on any atom is -0.477 e. The predicted molar refractivity (Wildman–Crippen MR) is 72.6 cm³/mol. The first-order chi connectivity index (χ1) is 8.90. The molecule has 1 aliphatic rings. The highest BCUT2D eigenvalue weighted by Gasteiger charge is 2.29. The standard InChI is InChI=1S/C15H21NO3/c1-9-4-5-13(10(2)6-9)16-8-12(11(3)17)7-14(16)15(18)19/h7-10,13H,4-6H2,1-3H3,(H,18,19). The number of carbonyl (C=O) groups is 2. The molecule has 1 N–H and O–H groups in total. The molecule has 4 heteroatoms. The zero-order valence-corrected chi connectivity index (χ0v) is 11.7. The van der Waals surface area contributed by atoms with E-state index in [1.807, 2.05) is 0 Å². The lowest BCUT2D eigenvalue weighted by atomic mass is 9.79. The van der Waals surface area contributed by atoms with Gasteiger partial charge in [-0.05, 0) is 44.1 Å². The number of rotatable bonds is 3. The van der Waals surface area contributed by atoms with Crippen molar-refractivity contribution >= 4 is 11.8 Å². The van der Waals surface area contributed by atoms with Gasteiger partial charge in [-0.25, -0.2) is 4.79 Å². The summed E-state index contributed by atoms with van der Waals surface area (Å²) in [6, 6.07) is 1.69. The summed E-state index contributed by atoms with van der Waals surface area (Å²) < 4.78 is 1.80. The molecule has 1 saturated carbocycles. The van der Waals surface area contributed by atoms with Crippen molar-refractivity contribution in [1.82, 2.24) is 4.57 Å². The molecule has 0 amide bonds. The van der Waals surface area contributed by atoms with Gasteiger partial charge in [0.2, 0.25) is 0 Å². The number of Topliss-reactive ketones (excluding diaryl/α,β-unsaturated/α-hetero) is 1. The Labute approximate surface area is 113 Å². The van der Waals surface area contributed by atoms with Crippen LogP contribution in [0.15, 0.2) is 12.3 Å². The second-order valence-corrected chi connectivity index (χ2v) is 5.85. The summed E-state index contributed by atoms with van der Waals surface area (Å²) in [5.41, 5.74) is 0.722. The van der Waals surface area contributed by atoms with Crippen molar-refractivity contribution < 1.29 is 14.7 Å². The van der Waals surface area contributed by atoms with Gasteiger partial charge in [-0.3, -0.25) is 4.79 Å². The topological polar surface area (TPSA) is 59.3 Å². The summed E-state index contributed by atoms with van der Waals surface area (Å²) in [6.07, 6.45) is 4.91. The minimum absolute atomic E-state index is 0.0851. The number of hydrogen-bond acceptors (Lipinski definition) is 2. The number of carbonyl (C=O) groups excluding carboxylic acids is 1. The van der Waals surface area contributed by atoms with E-state index in [1.54, 1.807) is 10.8 Å². The molecule has 2 rings (SSSR count). The second kappa shape index (κ2) is 5.19. The summed E-state index contributed by atoms with van der Waals surface area (Å²) in [6.45, 7) is 5.87. The summed E-state index contributed by atoms with van der Waals surface area (Å²) in [5.74, 6) is 0.0906. The summed E-state index contributed by atoms with van der Waals surface area (Å²) in [7, 11) is 0. The van der Waals surface area contributed by atoms with Gasteiger partial charge in [0.25, 0.3) is 0 Å². The van der Waals surface area contributed by atoms with Gasteiger partial charge in [0, 0.05) is 17.8 Å². The quantitative estimate of drug-likeness (QED) is 0.850. The Kier molecular flexibility index (Phi) is 3.78. The fourth-order valence-corrected chi connectivity index (χ4v) is 3.18. The molecule has 0 radical (unpaired) electrons. The SMILES string of the molecule is CC(=O)c1cc(C(=O)O)n(C2CCC(C)CC2C)c1. The molecule has 104 valence electrons. The molecule has 1 heterocycles. The molecule has 3 atom stereocenters. The molecule has 0 bridgehead atoms. The van der Waals surface area contributed by atoms with Crippen molar-refractivity contribution in [2.45, 2.75) is 46.1 Å². The summed E-state index contributed by atoms with van der Waals surface area (Å²) in [5, 5.41) is 9.30. The Bertz CT molecular complexity index is 503. The van der Waals surface area contributed by atoms with E-state index in [2.05, 4.69) is 13.8 Å². The van der Waals surface area contributed by atoms with Gasteiger partial charge in [0.15, 0.2) is 5.78 Å². The van der Waals surface area contributed by atoms with Crippen molar-refractivity contribution in [3.8, 4) is 0 Å². The Morgan fingerprint density at radius 1 is 1.32 bits per heavy atom. The summed E-state index contributed by atoms with van der Waals surface area (Å²) in [4.78, 5) is 22.8. The van der Waals surface area contributed by atoms with Gasteiger partial charge < -0.3 is 9.67 Å². The molecule has 19 heavy (non-hydrogen) atoms. The van der Waals surface area contributed by atoms with Crippen LogP contribution >= 0.6 is 0 Å². The zero-order chi connectivity index (χ0) is 14.2. The molecule has 0 aliphatic heterocycles. The predicted octanol–water partition coefficient (Wildman–Crippen LogP) is 3.39. The Morgan fingerprint density at radius 2 is 2.00 bits per heavy atom. The van der Waals surface area contributed by atoms with Crippen molar-refractivity contribution in [1.29, 1.82) is 0 Å². The molecular formula is C15H21NO3. The largest absolute Gasteiger partial charge is 0.477 e. The smallest absolute Gasteiger partial charge is 0.352 e. The Hall–Kier alpha value is -1.58. The molecule has 0 saturated heterocycles. The van der Waals surface area contributed by atoms with E-state index in [9.17, 15) is 14.7 Å². The van der Waals surface area contributed by atoms with E-state index < -0.39 is 5.97 Å². The molecule has 1 aromatic heterocycles. The van der Waals surface area contributed by atoms with E-state index in [1.165, 1.54) is 13.0 Å². The van der Waals surface area contributed by atoms with Gasteiger partial charge in [0.05, 0.1) is 0 Å². The van der Waals surface area contributed by atoms with E-state index >= 15 is 0 Å². The van der Waals surface area contributed by atoms with Crippen LogP contribution in [-0.2, 0) is 0 Å². The molecule has 1 aliphatic carbocycles. The minimum atomic E-state index is -0.960. The van der Waals surface area contributed by atoms with Crippen molar-refractivity contribution in [3.63, 3.8) is 0 Å². The maximum atomic E-state index is 11.4. The van der Waals surface area contributed by atoms with Crippen LogP contribution in [0.1, 0.15) is 66.9 Å². The average Bonchev–Trinajstić information content (AvgIpc) is 2.73. The fourth-order valence-electron chi connectivity index (χ4n) is 3.18. The second-order valence-electron chi connectivity index (χ2n) is 5.85. The van der Waals surface area contributed by atoms with E-state index in [0.717, 1.165) is 19.3 Å². The molecule has 0 spiro atoms. The number of aromatic nitrogens is 1. The van der Waals surface area contributed by atoms with Crippen molar-refractivity contribution in [3.05, 3.63) is 23.5 Å². The number of aromatic carboxylic acids is 1. The van der Waals surface area contributed by atoms with E-state index in [4.69, 9.17) is 0 Å². The van der Waals surface area contributed by atoms with Crippen LogP contribution in [0.3, 0.4) is 0 Å². The van der Waals surface area contributed by atoms with E-state index in [0.29, 0.717) is 17.4 Å². The first-order valence-electron chi connectivity index (χ1n) is 6.86. The number of carboxylic acid groups (broad SMARTS) is 1. The van der Waals surface area contributed by atoms with Gasteiger partial charge in [-0.15, -0.1) is 0 Å². The lowest BCUT2D eigenvalue weighted by Gasteiger charge is -2.34. The first-order valence-corrected chi connectivity index (χ1v) is 6.86. The van der Waals surface area contributed by atoms with Crippen LogP contribution in [0, 0.1) is 11.8 Å². The molecule has 4 nitrogen and oxygen atoms in total. The Morgan fingerprint density at radius 3 is 2.53 bits per heavy atom. The monoisotopic (exact) mass is 263 g/mol. The van der Waals surface area contributed by atoms with Crippen LogP contribution in [0.2, 0.25) is 0 Å². The highest BCUT2D eigenvalue weighted by atomic mass is 16.4. The lowest BCUT2D eigenvalue weighted by molar-refractivity contribution is 0.0676. The first kappa shape index (κ1) is 13.8.